The van der Waals surface area contributed by atoms with Gasteiger partial charge in [-0.3, -0.25) is 14.0 Å². The molecule has 10 heteroatoms. The van der Waals surface area contributed by atoms with Crippen molar-refractivity contribution in [2.24, 2.45) is 0 Å². The third-order valence-corrected chi connectivity index (χ3v) is 8.64. The van der Waals surface area contributed by atoms with Gasteiger partial charge in [0.1, 0.15) is 25.6 Å². The van der Waals surface area contributed by atoms with E-state index in [0.717, 1.165) is 41.6 Å². The van der Waals surface area contributed by atoms with Crippen molar-refractivity contribution in [3.63, 3.8) is 0 Å². The van der Waals surface area contributed by atoms with Gasteiger partial charge >= 0.3 is 0 Å². The zero-order valence-corrected chi connectivity index (χ0v) is 22.5. The lowest BCUT2D eigenvalue weighted by atomic mass is 10.1. The molecule has 1 N–H and O–H groups in total. The summed E-state index contributed by atoms with van der Waals surface area (Å²) in [6, 6.07) is 17.4. The maximum atomic E-state index is 13.7. The molecule has 0 spiro atoms. The van der Waals surface area contributed by atoms with Crippen molar-refractivity contribution in [1.29, 1.82) is 0 Å². The summed E-state index contributed by atoms with van der Waals surface area (Å²) in [5.74, 6) is -0.232. The number of benzene rings is 3. The number of halogens is 1. The standard InChI is InChI=1S/C29H32FN3O5S/c30-24-8-10-25(11-9-24)33(39(35,36)26-12-13-27-28(18-26)38-17-16-37-27)21-29(34)31-19-22-4-6-23(7-5-22)20-32-14-2-1-3-15-32/h4-13,18H,1-3,14-17,19-21H2,(H,31,34). The Morgan fingerprint density at radius 3 is 2.26 bits per heavy atom. The molecule has 0 aromatic heterocycles. The summed E-state index contributed by atoms with van der Waals surface area (Å²) in [5.41, 5.74) is 2.30. The first-order valence-electron chi connectivity index (χ1n) is 13.1. The van der Waals surface area contributed by atoms with E-state index in [1.807, 2.05) is 12.1 Å². The number of anilines is 1. The predicted octanol–water partition coefficient (Wildman–Crippen LogP) is 4.09. The van der Waals surface area contributed by atoms with E-state index in [1.165, 1.54) is 55.2 Å². The Kier molecular flexibility index (Phi) is 8.33. The van der Waals surface area contributed by atoms with Gasteiger partial charge in [0.25, 0.3) is 10.0 Å². The Bertz CT molecular complexity index is 1390. The molecule has 0 unspecified atom stereocenters. The molecular weight excluding hydrogens is 521 g/mol. The first-order valence-corrected chi connectivity index (χ1v) is 14.6. The molecule has 3 aromatic carbocycles. The van der Waals surface area contributed by atoms with Crippen LogP contribution in [0, 0.1) is 5.82 Å². The van der Waals surface area contributed by atoms with E-state index >= 15 is 0 Å². The van der Waals surface area contributed by atoms with Crippen LogP contribution in [0.5, 0.6) is 11.5 Å². The molecule has 0 aliphatic carbocycles. The number of sulfonamides is 1. The minimum atomic E-state index is -4.19. The third-order valence-electron chi connectivity index (χ3n) is 6.87. The van der Waals surface area contributed by atoms with Gasteiger partial charge in [-0.15, -0.1) is 0 Å². The molecular formula is C29H32FN3O5S. The molecule has 1 amide bonds. The van der Waals surface area contributed by atoms with Gasteiger partial charge in [-0.2, -0.15) is 0 Å². The maximum Gasteiger partial charge on any atom is 0.264 e. The van der Waals surface area contributed by atoms with Gasteiger partial charge in [0.15, 0.2) is 11.5 Å². The summed E-state index contributed by atoms with van der Waals surface area (Å²) in [5, 5.41) is 2.81. The first kappa shape index (κ1) is 27.0. The summed E-state index contributed by atoms with van der Waals surface area (Å²) in [6.07, 6.45) is 3.78. The van der Waals surface area contributed by atoms with Crippen LogP contribution in [0.2, 0.25) is 0 Å². The van der Waals surface area contributed by atoms with Gasteiger partial charge < -0.3 is 14.8 Å². The van der Waals surface area contributed by atoms with Crippen LogP contribution in [0.4, 0.5) is 10.1 Å². The van der Waals surface area contributed by atoms with Crippen molar-refractivity contribution < 1.29 is 27.1 Å². The normalized spacial score (nSPS) is 15.5. The predicted molar refractivity (Wildman–Crippen MR) is 146 cm³/mol. The average molecular weight is 554 g/mol. The Morgan fingerprint density at radius 1 is 0.872 bits per heavy atom. The summed E-state index contributed by atoms with van der Waals surface area (Å²) in [7, 11) is -4.19. The molecule has 206 valence electrons. The van der Waals surface area contributed by atoms with Gasteiger partial charge in [0, 0.05) is 19.2 Å². The van der Waals surface area contributed by atoms with E-state index in [9.17, 15) is 17.6 Å². The molecule has 2 heterocycles. The molecule has 1 fully saturated rings. The van der Waals surface area contributed by atoms with Crippen molar-refractivity contribution in [2.75, 3.05) is 37.2 Å². The Morgan fingerprint density at radius 2 is 1.54 bits per heavy atom. The molecule has 39 heavy (non-hydrogen) atoms. The van der Waals surface area contributed by atoms with Crippen LogP contribution in [-0.4, -0.2) is 52.1 Å². The van der Waals surface area contributed by atoms with Crippen molar-refractivity contribution >= 4 is 21.6 Å². The van der Waals surface area contributed by atoms with Crippen molar-refractivity contribution in [3.05, 3.63) is 83.7 Å². The second-order valence-corrected chi connectivity index (χ2v) is 11.6. The fourth-order valence-electron chi connectivity index (χ4n) is 4.76. The van der Waals surface area contributed by atoms with Gasteiger partial charge in [-0.1, -0.05) is 30.7 Å². The van der Waals surface area contributed by atoms with Gasteiger partial charge in [-0.25, -0.2) is 12.8 Å². The van der Waals surface area contributed by atoms with Crippen molar-refractivity contribution in [3.8, 4) is 11.5 Å². The number of carbonyl (C=O) groups excluding carboxylic acids is 1. The number of rotatable bonds is 9. The number of nitrogens with zero attached hydrogens (tertiary/aromatic N) is 2. The van der Waals surface area contributed by atoms with E-state index in [2.05, 4.69) is 22.3 Å². The highest BCUT2D eigenvalue weighted by Gasteiger charge is 2.29. The topological polar surface area (TPSA) is 88.2 Å². The van der Waals surface area contributed by atoms with E-state index in [0.29, 0.717) is 24.7 Å². The van der Waals surface area contributed by atoms with E-state index < -0.39 is 28.3 Å². The molecule has 0 radical (unpaired) electrons. The van der Waals surface area contributed by atoms with Crippen LogP contribution in [0.15, 0.2) is 71.6 Å². The molecule has 0 bridgehead atoms. The monoisotopic (exact) mass is 553 g/mol. The molecule has 1 saturated heterocycles. The first-order chi connectivity index (χ1) is 18.9. The quantitative estimate of drug-likeness (QED) is 0.430. The van der Waals surface area contributed by atoms with Crippen LogP contribution in [0.25, 0.3) is 0 Å². The van der Waals surface area contributed by atoms with Crippen LogP contribution in [-0.2, 0) is 27.9 Å². The number of likely N-dealkylation sites (tertiary alicyclic amines) is 1. The van der Waals surface area contributed by atoms with Gasteiger partial charge in [0.2, 0.25) is 5.91 Å². The Hall–Kier alpha value is -3.63. The molecule has 8 nitrogen and oxygen atoms in total. The lowest BCUT2D eigenvalue weighted by molar-refractivity contribution is -0.119. The SMILES string of the molecule is O=C(CN(c1ccc(F)cc1)S(=O)(=O)c1ccc2c(c1)OCCO2)NCc1ccc(CN2CCCCC2)cc1. The number of amides is 1. The number of piperidine rings is 1. The van der Waals surface area contributed by atoms with Crippen LogP contribution >= 0.6 is 0 Å². The Balaban J connectivity index is 1.27. The lowest BCUT2D eigenvalue weighted by Gasteiger charge is -2.26. The number of nitrogens with one attached hydrogen (secondary N) is 1. The third kappa shape index (κ3) is 6.69. The lowest BCUT2D eigenvalue weighted by Crippen LogP contribution is -2.40. The summed E-state index contributed by atoms with van der Waals surface area (Å²) in [6.45, 7) is 3.62. The summed E-state index contributed by atoms with van der Waals surface area (Å²) < 4.78 is 52.9. The number of ether oxygens (including phenoxy) is 2. The average Bonchev–Trinajstić information content (AvgIpc) is 2.96. The van der Waals surface area contributed by atoms with Crippen molar-refractivity contribution in [1.82, 2.24) is 10.2 Å². The number of hydrogen-bond acceptors (Lipinski definition) is 6. The van der Waals surface area contributed by atoms with Crippen molar-refractivity contribution in [2.45, 2.75) is 37.2 Å². The maximum absolute atomic E-state index is 13.7. The molecule has 2 aliphatic heterocycles. The minimum absolute atomic E-state index is 0.0619. The second kappa shape index (κ2) is 12.0. The van der Waals surface area contributed by atoms with E-state index in [4.69, 9.17) is 9.47 Å². The largest absolute Gasteiger partial charge is 0.486 e. The highest BCUT2D eigenvalue weighted by atomic mass is 32.2. The van der Waals surface area contributed by atoms with Crippen LogP contribution in [0.3, 0.4) is 0 Å². The van der Waals surface area contributed by atoms with E-state index in [-0.39, 0.29) is 17.1 Å². The highest BCUT2D eigenvalue weighted by molar-refractivity contribution is 7.92. The number of hydrogen-bond donors (Lipinski definition) is 1. The Labute approximate surface area is 228 Å². The number of carbonyl (C=O) groups is 1. The smallest absolute Gasteiger partial charge is 0.264 e. The highest BCUT2D eigenvalue weighted by Crippen LogP contribution is 2.34. The fourth-order valence-corrected chi connectivity index (χ4v) is 6.20. The second-order valence-electron chi connectivity index (χ2n) is 9.72. The van der Waals surface area contributed by atoms with Crippen LogP contribution in [0.1, 0.15) is 30.4 Å². The molecule has 2 aliphatic rings. The summed E-state index contributed by atoms with van der Waals surface area (Å²) in [4.78, 5) is 15.4. The molecule has 0 atom stereocenters. The zero-order valence-electron chi connectivity index (χ0n) is 21.6. The molecule has 3 aromatic rings. The zero-order chi connectivity index (χ0) is 27.2. The van der Waals surface area contributed by atoms with Crippen LogP contribution < -0.4 is 19.1 Å². The summed E-state index contributed by atoms with van der Waals surface area (Å²) >= 11 is 0. The van der Waals surface area contributed by atoms with E-state index in [1.54, 1.807) is 0 Å². The van der Waals surface area contributed by atoms with Gasteiger partial charge in [-0.05, 0) is 73.5 Å². The van der Waals surface area contributed by atoms with Gasteiger partial charge in [0.05, 0.1) is 10.6 Å². The fraction of sp³-hybridized carbons (Fsp3) is 0.345. The molecule has 5 rings (SSSR count). The minimum Gasteiger partial charge on any atom is -0.486 e. The number of fused-ring (bicyclic) bond motifs is 1. The molecule has 0 saturated carbocycles.